The fourth-order valence-corrected chi connectivity index (χ4v) is 1.69. The molecule has 6 heteroatoms. The van der Waals surface area contributed by atoms with E-state index in [2.05, 4.69) is 9.97 Å². The number of nitrogens with one attached hydrogen (secondary N) is 1. The third kappa shape index (κ3) is 2.74. The number of hydrogen-bond acceptors (Lipinski definition) is 4. The smallest absolute Gasteiger partial charge is 0.345 e. The maximum absolute atomic E-state index is 13.2. The van der Waals surface area contributed by atoms with Crippen LogP contribution < -0.4 is 5.56 Å². The summed E-state index contributed by atoms with van der Waals surface area (Å²) < 4.78 is 17.9. The Morgan fingerprint density at radius 3 is 2.80 bits per heavy atom. The summed E-state index contributed by atoms with van der Waals surface area (Å²) in [7, 11) is 0. The monoisotopic (exact) mass is 276 g/mol. The molecule has 0 fully saturated rings. The highest BCUT2D eigenvalue weighted by molar-refractivity contribution is 5.88. The van der Waals surface area contributed by atoms with Crippen molar-refractivity contribution in [2.75, 3.05) is 6.61 Å². The van der Waals surface area contributed by atoms with Gasteiger partial charge in [-0.2, -0.15) is 0 Å². The van der Waals surface area contributed by atoms with Gasteiger partial charge in [-0.3, -0.25) is 4.79 Å². The first kappa shape index (κ1) is 13.9. The van der Waals surface area contributed by atoms with Crippen molar-refractivity contribution in [1.82, 2.24) is 9.97 Å². The molecule has 2 aromatic rings. The summed E-state index contributed by atoms with van der Waals surface area (Å²) in [5, 5.41) is 0. The molecule has 5 nitrogen and oxygen atoms in total. The lowest BCUT2D eigenvalue weighted by molar-refractivity contribution is 0.0524. The maximum Gasteiger partial charge on any atom is 0.345 e. The van der Waals surface area contributed by atoms with Crippen molar-refractivity contribution in [2.24, 2.45) is 0 Å². The minimum Gasteiger partial charge on any atom is -0.462 e. The molecule has 0 spiro atoms. The molecule has 0 unspecified atom stereocenters. The maximum atomic E-state index is 13.2. The fraction of sp³-hybridized carbons (Fsp3) is 0.214. The molecule has 2 rings (SSSR count). The number of hydrogen-bond donors (Lipinski definition) is 1. The van der Waals surface area contributed by atoms with Crippen LogP contribution in [0.25, 0.3) is 11.4 Å². The second-order valence-corrected chi connectivity index (χ2v) is 4.16. The van der Waals surface area contributed by atoms with Crippen molar-refractivity contribution in [1.29, 1.82) is 0 Å². The van der Waals surface area contributed by atoms with Gasteiger partial charge in [-0.1, -0.05) is 0 Å². The van der Waals surface area contributed by atoms with Gasteiger partial charge in [0.05, 0.1) is 6.61 Å². The Kier molecular flexibility index (Phi) is 3.93. The summed E-state index contributed by atoms with van der Waals surface area (Å²) in [4.78, 5) is 29.8. The summed E-state index contributed by atoms with van der Waals surface area (Å²) >= 11 is 0. The van der Waals surface area contributed by atoms with E-state index in [1.165, 1.54) is 12.1 Å². The van der Waals surface area contributed by atoms with E-state index in [1.54, 1.807) is 19.9 Å². The van der Waals surface area contributed by atoms with Gasteiger partial charge in [-0.15, -0.1) is 0 Å². The van der Waals surface area contributed by atoms with Gasteiger partial charge in [0.25, 0.3) is 5.56 Å². The molecule has 104 valence electrons. The van der Waals surface area contributed by atoms with E-state index in [9.17, 15) is 14.0 Å². The molecule has 0 aliphatic heterocycles. The Morgan fingerprint density at radius 1 is 1.45 bits per heavy atom. The molecular formula is C14H13FN2O3. The van der Waals surface area contributed by atoms with Gasteiger partial charge in [0, 0.05) is 11.8 Å². The molecule has 0 bridgehead atoms. The Labute approximate surface area is 114 Å². The summed E-state index contributed by atoms with van der Waals surface area (Å²) in [6.07, 6.45) is 1.16. The molecule has 1 N–H and O–H groups in total. The van der Waals surface area contributed by atoms with Crippen molar-refractivity contribution in [3.05, 3.63) is 51.7 Å². The van der Waals surface area contributed by atoms with Crippen LogP contribution in [0.2, 0.25) is 0 Å². The average molecular weight is 276 g/mol. The van der Waals surface area contributed by atoms with Crippen molar-refractivity contribution in [3.8, 4) is 11.4 Å². The van der Waals surface area contributed by atoms with E-state index < -0.39 is 11.5 Å². The van der Waals surface area contributed by atoms with Gasteiger partial charge in [0.2, 0.25) is 0 Å². The van der Waals surface area contributed by atoms with Gasteiger partial charge in [0.15, 0.2) is 0 Å². The minimum atomic E-state index is -0.719. The normalized spacial score (nSPS) is 10.3. The zero-order valence-corrected chi connectivity index (χ0v) is 11.1. The number of aromatic nitrogens is 2. The third-order valence-electron chi connectivity index (χ3n) is 2.73. The zero-order chi connectivity index (χ0) is 14.7. The van der Waals surface area contributed by atoms with Crippen molar-refractivity contribution in [3.63, 3.8) is 0 Å². The van der Waals surface area contributed by atoms with Gasteiger partial charge in [-0.05, 0) is 37.6 Å². The van der Waals surface area contributed by atoms with Gasteiger partial charge in [0.1, 0.15) is 17.2 Å². The van der Waals surface area contributed by atoms with Gasteiger partial charge < -0.3 is 9.72 Å². The van der Waals surface area contributed by atoms with E-state index >= 15 is 0 Å². The van der Waals surface area contributed by atoms with Crippen LogP contribution in [-0.4, -0.2) is 22.5 Å². The second-order valence-electron chi connectivity index (χ2n) is 4.16. The Morgan fingerprint density at radius 2 is 2.20 bits per heavy atom. The molecule has 0 aliphatic rings. The summed E-state index contributed by atoms with van der Waals surface area (Å²) in [5.41, 5.74) is 0.265. The molecule has 20 heavy (non-hydrogen) atoms. The molecule has 1 aromatic heterocycles. The summed E-state index contributed by atoms with van der Waals surface area (Å²) in [5.74, 6) is -0.784. The summed E-state index contributed by atoms with van der Waals surface area (Å²) in [6.45, 7) is 3.44. The predicted molar refractivity (Wildman–Crippen MR) is 70.9 cm³/mol. The quantitative estimate of drug-likeness (QED) is 0.871. The molecule has 1 aromatic carbocycles. The number of aryl methyl sites for hydroxylation is 1. The van der Waals surface area contributed by atoms with Crippen LogP contribution >= 0.6 is 0 Å². The Balaban J connectivity index is 2.40. The van der Waals surface area contributed by atoms with Gasteiger partial charge in [-0.25, -0.2) is 14.2 Å². The van der Waals surface area contributed by atoms with E-state index in [-0.39, 0.29) is 23.8 Å². The fourth-order valence-electron chi connectivity index (χ4n) is 1.69. The Bertz CT molecular complexity index is 710. The minimum absolute atomic E-state index is 0.158. The average Bonchev–Trinajstić information content (AvgIpc) is 2.42. The number of carbonyl (C=O) groups is 1. The lowest BCUT2D eigenvalue weighted by atomic mass is 10.1. The largest absolute Gasteiger partial charge is 0.462 e. The predicted octanol–water partition coefficient (Wildman–Crippen LogP) is 2.06. The highest BCUT2D eigenvalue weighted by Gasteiger charge is 2.13. The number of H-pyrrole nitrogens is 1. The lowest BCUT2D eigenvalue weighted by Gasteiger charge is -2.04. The van der Waals surface area contributed by atoms with Crippen molar-refractivity contribution < 1.29 is 13.9 Å². The molecule has 0 amide bonds. The Hall–Kier alpha value is -2.50. The number of carbonyl (C=O) groups excluding carboxylic acids is 1. The first-order valence-corrected chi connectivity index (χ1v) is 6.06. The molecular weight excluding hydrogens is 263 g/mol. The SMILES string of the molecule is CCOC(=O)c1cnc(-c2ccc(F)c(C)c2)[nH]c1=O. The second kappa shape index (κ2) is 5.64. The molecule has 0 aliphatic carbocycles. The van der Waals surface area contributed by atoms with Crippen LogP contribution in [0.1, 0.15) is 22.8 Å². The topological polar surface area (TPSA) is 72.0 Å². The van der Waals surface area contributed by atoms with E-state index in [0.29, 0.717) is 11.1 Å². The lowest BCUT2D eigenvalue weighted by Crippen LogP contribution is -2.21. The van der Waals surface area contributed by atoms with Gasteiger partial charge >= 0.3 is 5.97 Å². The van der Waals surface area contributed by atoms with Crippen LogP contribution in [-0.2, 0) is 4.74 Å². The third-order valence-corrected chi connectivity index (χ3v) is 2.73. The molecule has 0 radical (unpaired) electrons. The highest BCUT2D eigenvalue weighted by atomic mass is 19.1. The first-order valence-electron chi connectivity index (χ1n) is 6.06. The molecule has 0 saturated carbocycles. The number of halogens is 1. The number of ether oxygens (including phenoxy) is 1. The number of nitrogens with zero attached hydrogens (tertiary/aromatic N) is 1. The van der Waals surface area contributed by atoms with Crippen molar-refractivity contribution >= 4 is 5.97 Å². The van der Waals surface area contributed by atoms with E-state index in [4.69, 9.17) is 4.74 Å². The van der Waals surface area contributed by atoms with Crippen LogP contribution in [0.5, 0.6) is 0 Å². The van der Waals surface area contributed by atoms with Crippen molar-refractivity contribution in [2.45, 2.75) is 13.8 Å². The van der Waals surface area contributed by atoms with E-state index in [1.807, 2.05) is 0 Å². The number of aromatic amines is 1. The van der Waals surface area contributed by atoms with E-state index in [0.717, 1.165) is 6.20 Å². The number of rotatable bonds is 3. The highest BCUT2D eigenvalue weighted by Crippen LogP contribution is 2.17. The van der Waals surface area contributed by atoms with Crippen LogP contribution in [0, 0.1) is 12.7 Å². The number of esters is 1. The summed E-state index contributed by atoms with van der Waals surface area (Å²) in [6, 6.07) is 4.37. The van der Waals surface area contributed by atoms with Crippen LogP contribution in [0.4, 0.5) is 4.39 Å². The standard InChI is InChI=1S/C14H13FN2O3/c1-3-20-14(19)10-7-16-12(17-13(10)18)9-4-5-11(15)8(2)6-9/h4-7H,3H2,1-2H3,(H,16,17,18). The number of benzene rings is 1. The molecule has 0 saturated heterocycles. The molecule has 0 atom stereocenters. The van der Waals surface area contributed by atoms with Crippen LogP contribution in [0.3, 0.4) is 0 Å². The first-order chi connectivity index (χ1) is 9.52. The van der Waals surface area contributed by atoms with Crippen LogP contribution in [0.15, 0.2) is 29.2 Å². The zero-order valence-electron chi connectivity index (χ0n) is 11.1. The molecule has 1 heterocycles.